The fraction of sp³-hybridized carbons (Fsp3) is 0.800. The van der Waals surface area contributed by atoms with Gasteiger partial charge in [-0.25, -0.2) is 0 Å². The summed E-state index contributed by atoms with van der Waals surface area (Å²) in [7, 11) is 0. The van der Waals surface area contributed by atoms with Crippen molar-refractivity contribution >= 4 is 17.7 Å². The van der Waals surface area contributed by atoms with E-state index < -0.39 is 0 Å². The molecule has 1 atom stereocenters. The second kappa shape index (κ2) is 7.34. The highest BCUT2D eigenvalue weighted by atomic mass is 32.2. The summed E-state index contributed by atoms with van der Waals surface area (Å²) >= 11 is 1.65. The first-order valence-electron chi connectivity index (χ1n) is 7.42. The third kappa shape index (κ3) is 4.53. The number of carbonyl (C=O) groups excluding carboxylic acids is 1. The number of aliphatic hydroxyl groups is 1. The zero-order valence-electron chi connectivity index (χ0n) is 11.8. The van der Waals surface area contributed by atoms with E-state index in [1.54, 1.807) is 11.8 Å². The van der Waals surface area contributed by atoms with Gasteiger partial charge in [0.25, 0.3) is 0 Å². The van der Waals surface area contributed by atoms with Crippen LogP contribution in [0.5, 0.6) is 0 Å². The van der Waals surface area contributed by atoms with Crippen LogP contribution in [0.25, 0.3) is 0 Å². The second-order valence-electron chi connectivity index (χ2n) is 5.74. The van der Waals surface area contributed by atoms with E-state index in [0.717, 1.165) is 18.6 Å². The Hall–Kier alpha value is -0.480. The zero-order chi connectivity index (χ0) is 13.7. The van der Waals surface area contributed by atoms with Crippen LogP contribution in [-0.4, -0.2) is 40.1 Å². The topological polar surface area (TPSA) is 40.5 Å². The Labute approximate surface area is 120 Å². The number of nitrogens with zero attached hydrogens (tertiary/aromatic N) is 1. The minimum absolute atomic E-state index is 0.207. The molecule has 4 heteroatoms. The average Bonchev–Trinajstić information content (AvgIpc) is 3.24. The summed E-state index contributed by atoms with van der Waals surface area (Å²) < 4.78 is 0. The highest BCUT2D eigenvalue weighted by molar-refractivity contribution is 7.99. The lowest BCUT2D eigenvalue weighted by Gasteiger charge is -2.27. The minimum atomic E-state index is 0.207. The summed E-state index contributed by atoms with van der Waals surface area (Å²) in [5.41, 5.74) is 1.27. The molecule has 1 saturated carbocycles. The number of thioether (sulfide) groups is 1. The number of hydrogen-bond acceptors (Lipinski definition) is 3. The highest BCUT2D eigenvalue weighted by Crippen LogP contribution is 2.34. The van der Waals surface area contributed by atoms with Crippen LogP contribution in [0.3, 0.4) is 0 Å². The van der Waals surface area contributed by atoms with Crippen molar-refractivity contribution in [3.8, 4) is 0 Å². The summed E-state index contributed by atoms with van der Waals surface area (Å²) in [6, 6.07) is 0.479. The molecule has 108 valence electrons. The number of aliphatic hydroxyl groups excluding tert-OH is 1. The van der Waals surface area contributed by atoms with E-state index in [1.807, 2.05) is 6.92 Å². The SMILES string of the molecule is CC(CO)CSCC(=O)N(C1=CCCCC1)C1CC1. The van der Waals surface area contributed by atoms with Crippen LogP contribution in [0.15, 0.2) is 11.8 Å². The quantitative estimate of drug-likeness (QED) is 0.781. The largest absolute Gasteiger partial charge is 0.396 e. The van der Waals surface area contributed by atoms with E-state index in [9.17, 15) is 4.79 Å². The number of allylic oxidation sites excluding steroid dienone is 2. The van der Waals surface area contributed by atoms with Crippen molar-refractivity contribution < 1.29 is 9.90 Å². The fourth-order valence-electron chi connectivity index (χ4n) is 2.44. The summed E-state index contributed by atoms with van der Waals surface area (Å²) in [4.78, 5) is 14.5. The van der Waals surface area contributed by atoms with Crippen molar-refractivity contribution in [2.24, 2.45) is 5.92 Å². The third-order valence-electron chi connectivity index (χ3n) is 3.70. The van der Waals surface area contributed by atoms with Crippen molar-refractivity contribution in [2.45, 2.75) is 51.5 Å². The van der Waals surface area contributed by atoms with Crippen LogP contribution in [0.1, 0.15) is 45.4 Å². The van der Waals surface area contributed by atoms with Crippen molar-refractivity contribution in [1.82, 2.24) is 4.90 Å². The van der Waals surface area contributed by atoms with E-state index in [-0.39, 0.29) is 18.4 Å². The fourth-order valence-corrected chi connectivity index (χ4v) is 3.38. The molecule has 0 aromatic carbocycles. The maximum Gasteiger partial charge on any atom is 0.236 e. The van der Waals surface area contributed by atoms with Crippen molar-refractivity contribution in [2.75, 3.05) is 18.1 Å². The number of carbonyl (C=O) groups is 1. The van der Waals surface area contributed by atoms with Gasteiger partial charge in [0, 0.05) is 18.3 Å². The molecule has 1 unspecified atom stereocenters. The van der Waals surface area contributed by atoms with Crippen LogP contribution in [0.4, 0.5) is 0 Å². The molecule has 3 nitrogen and oxygen atoms in total. The number of rotatable bonds is 7. The molecular weight excluding hydrogens is 258 g/mol. The van der Waals surface area contributed by atoms with Crippen molar-refractivity contribution in [3.63, 3.8) is 0 Å². The lowest BCUT2D eigenvalue weighted by atomic mass is 10.0. The maximum atomic E-state index is 12.4. The van der Waals surface area contributed by atoms with E-state index in [2.05, 4.69) is 11.0 Å². The molecular formula is C15H25NO2S. The summed E-state index contributed by atoms with van der Waals surface area (Å²) in [5, 5.41) is 8.99. The van der Waals surface area contributed by atoms with Gasteiger partial charge in [0.05, 0.1) is 5.75 Å². The van der Waals surface area contributed by atoms with Gasteiger partial charge in [-0.2, -0.15) is 11.8 Å². The first-order valence-corrected chi connectivity index (χ1v) is 8.57. The van der Waals surface area contributed by atoms with Gasteiger partial charge in [0.2, 0.25) is 5.91 Å². The predicted molar refractivity (Wildman–Crippen MR) is 80.0 cm³/mol. The van der Waals surface area contributed by atoms with Gasteiger partial charge in [-0.15, -0.1) is 0 Å². The molecule has 2 rings (SSSR count). The van der Waals surface area contributed by atoms with Gasteiger partial charge in [0.15, 0.2) is 0 Å². The van der Waals surface area contributed by atoms with Crippen LogP contribution >= 0.6 is 11.8 Å². The Bertz CT molecular complexity index is 339. The van der Waals surface area contributed by atoms with Crippen molar-refractivity contribution in [3.05, 3.63) is 11.8 Å². The van der Waals surface area contributed by atoms with Gasteiger partial charge in [0.1, 0.15) is 0 Å². The molecule has 2 aliphatic rings. The Balaban J connectivity index is 1.84. The van der Waals surface area contributed by atoms with Gasteiger partial charge in [-0.1, -0.05) is 13.0 Å². The lowest BCUT2D eigenvalue weighted by Crippen LogP contribution is -2.34. The van der Waals surface area contributed by atoms with Crippen LogP contribution in [-0.2, 0) is 4.79 Å². The molecule has 0 aromatic rings. The van der Waals surface area contributed by atoms with Gasteiger partial charge in [-0.05, 0) is 50.2 Å². The first kappa shape index (κ1) is 14.9. The molecule has 1 amide bonds. The van der Waals surface area contributed by atoms with E-state index in [0.29, 0.717) is 11.8 Å². The minimum Gasteiger partial charge on any atom is -0.396 e. The number of amides is 1. The Morgan fingerprint density at radius 1 is 1.53 bits per heavy atom. The normalized spacial score (nSPS) is 20.8. The monoisotopic (exact) mass is 283 g/mol. The van der Waals surface area contributed by atoms with Crippen LogP contribution < -0.4 is 0 Å². The first-order chi connectivity index (χ1) is 9.22. The van der Waals surface area contributed by atoms with Gasteiger partial charge in [-0.3, -0.25) is 4.79 Å². The lowest BCUT2D eigenvalue weighted by molar-refractivity contribution is -0.127. The molecule has 0 bridgehead atoms. The van der Waals surface area contributed by atoms with Gasteiger partial charge >= 0.3 is 0 Å². The third-order valence-corrected chi connectivity index (χ3v) is 4.95. The average molecular weight is 283 g/mol. The van der Waals surface area contributed by atoms with Crippen LogP contribution in [0.2, 0.25) is 0 Å². The molecule has 1 N–H and O–H groups in total. The summed E-state index contributed by atoms with van der Waals surface area (Å²) in [6.45, 7) is 2.22. The van der Waals surface area contributed by atoms with Crippen molar-refractivity contribution in [1.29, 1.82) is 0 Å². The molecule has 0 aromatic heterocycles. The van der Waals surface area contributed by atoms with Crippen LogP contribution in [0, 0.1) is 5.92 Å². The smallest absolute Gasteiger partial charge is 0.236 e. The number of hydrogen-bond donors (Lipinski definition) is 1. The molecule has 0 spiro atoms. The Morgan fingerprint density at radius 2 is 2.32 bits per heavy atom. The standard InChI is InChI=1S/C15H25NO2S/c1-12(9-17)10-19-11-15(18)16(14-7-8-14)13-5-3-2-4-6-13/h5,12,14,17H,2-4,6-11H2,1H3. The summed E-state index contributed by atoms with van der Waals surface area (Å²) in [6.07, 6.45) is 9.28. The Kier molecular flexibility index (Phi) is 5.76. The molecule has 1 fully saturated rings. The molecule has 19 heavy (non-hydrogen) atoms. The predicted octanol–water partition coefficient (Wildman–Crippen LogP) is 2.80. The molecule has 0 radical (unpaired) electrons. The van der Waals surface area contributed by atoms with Gasteiger partial charge < -0.3 is 10.0 Å². The molecule has 2 aliphatic carbocycles. The van der Waals surface area contributed by atoms with E-state index >= 15 is 0 Å². The van der Waals surface area contributed by atoms with E-state index in [4.69, 9.17) is 5.11 Å². The zero-order valence-corrected chi connectivity index (χ0v) is 12.6. The summed E-state index contributed by atoms with van der Waals surface area (Å²) in [5.74, 6) is 1.96. The maximum absolute atomic E-state index is 12.4. The molecule has 0 heterocycles. The Morgan fingerprint density at radius 3 is 2.89 bits per heavy atom. The molecule has 0 aliphatic heterocycles. The second-order valence-corrected chi connectivity index (χ2v) is 6.77. The highest BCUT2D eigenvalue weighted by Gasteiger charge is 2.34. The molecule has 0 saturated heterocycles. The van der Waals surface area contributed by atoms with E-state index in [1.165, 1.54) is 31.4 Å².